The van der Waals surface area contributed by atoms with Gasteiger partial charge in [0.2, 0.25) is 15.9 Å². The summed E-state index contributed by atoms with van der Waals surface area (Å²) in [5.74, 6) is -0.892. The molecule has 152 valence electrons. The third kappa shape index (κ3) is 5.51. The van der Waals surface area contributed by atoms with Crippen molar-refractivity contribution in [2.24, 2.45) is 0 Å². The van der Waals surface area contributed by atoms with Gasteiger partial charge in [0.15, 0.2) is 0 Å². The minimum absolute atomic E-state index is 0.114. The van der Waals surface area contributed by atoms with Crippen molar-refractivity contribution in [1.82, 2.24) is 4.72 Å². The maximum absolute atomic E-state index is 12.9. The molecule has 1 amide bonds. The summed E-state index contributed by atoms with van der Waals surface area (Å²) >= 11 is 17.1. The van der Waals surface area contributed by atoms with Crippen LogP contribution in [0.3, 0.4) is 0 Å². The van der Waals surface area contributed by atoms with E-state index < -0.39 is 38.7 Å². The second-order valence-corrected chi connectivity index (χ2v) is 8.53. The highest BCUT2D eigenvalue weighted by molar-refractivity contribution is 7.89. The van der Waals surface area contributed by atoms with Crippen molar-refractivity contribution in [2.75, 3.05) is 5.32 Å². The molecule has 28 heavy (non-hydrogen) atoms. The largest absolute Gasteiger partial charge is 0.417 e. The van der Waals surface area contributed by atoms with E-state index in [0.717, 1.165) is 18.2 Å². The molecule has 1 atom stereocenters. The van der Waals surface area contributed by atoms with Crippen LogP contribution in [-0.2, 0) is 21.0 Å². The van der Waals surface area contributed by atoms with Gasteiger partial charge in [0.05, 0.1) is 21.7 Å². The summed E-state index contributed by atoms with van der Waals surface area (Å²) in [6.45, 7) is 1.21. The lowest BCUT2D eigenvalue weighted by Gasteiger charge is -2.16. The minimum atomic E-state index is -4.71. The Morgan fingerprint density at radius 3 is 2.25 bits per heavy atom. The maximum atomic E-state index is 12.9. The summed E-state index contributed by atoms with van der Waals surface area (Å²) in [6.07, 6.45) is -4.71. The number of benzene rings is 2. The monoisotopic (exact) mass is 474 g/mol. The number of carbonyl (C=O) groups excluding carboxylic acids is 1. The van der Waals surface area contributed by atoms with Crippen LogP contribution >= 0.6 is 34.8 Å². The van der Waals surface area contributed by atoms with E-state index in [1.807, 2.05) is 0 Å². The van der Waals surface area contributed by atoms with Gasteiger partial charge in [-0.1, -0.05) is 34.8 Å². The first-order chi connectivity index (χ1) is 12.8. The smallest absolute Gasteiger partial charge is 0.325 e. The molecule has 0 heterocycles. The van der Waals surface area contributed by atoms with Gasteiger partial charge < -0.3 is 5.32 Å². The number of carbonyl (C=O) groups is 1. The maximum Gasteiger partial charge on any atom is 0.417 e. The van der Waals surface area contributed by atoms with Crippen molar-refractivity contribution < 1.29 is 26.4 Å². The molecule has 0 fully saturated rings. The fourth-order valence-corrected chi connectivity index (χ4v) is 4.29. The minimum Gasteiger partial charge on any atom is -0.325 e. The lowest BCUT2D eigenvalue weighted by atomic mass is 10.2. The number of amides is 1. The molecular formula is C16H12Cl3F3N2O3S. The molecule has 0 aliphatic heterocycles. The van der Waals surface area contributed by atoms with E-state index in [2.05, 4.69) is 10.0 Å². The van der Waals surface area contributed by atoms with Crippen molar-refractivity contribution in [3.05, 3.63) is 57.0 Å². The molecule has 0 spiro atoms. The number of rotatable bonds is 5. The van der Waals surface area contributed by atoms with Crippen molar-refractivity contribution in [3.63, 3.8) is 0 Å². The average molecular weight is 476 g/mol. The highest BCUT2D eigenvalue weighted by Crippen LogP contribution is 2.36. The number of sulfonamides is 1. The zero-order chi connectivity index (χ0) is 21.3. The number of nitrogens with one attached hydrogen (secondary N) is 2. The zero-order valence-corrected chi connectivity index (χ0v) is 17.0. The second-order valence-electron chi connectivity index (χ2n) is 5.60. The number of hydrogen-bond donors (Lipinski definition) is 2. The summed E-state index contributed by atoms with van der Waals surface area (Å²) in [7, 11) is -4.22. The Bertz CT molecular complexity index is 1010. The van der Waals surface area contributed by atoms with Crippen LogP contribution in [-0.4, -0.2) is 20.4 Å². The van der Waals surface area contributed by atoms with Crippen LogP contribution in [0.15, 0.2) is 41.3 Å². The van der Waals surface area contributed by atoms with Crippen LogP contribution in [0.4, 0.5) is 18.9 Å². The van der Waals surface area contributed by atoms with Crippen molar-refractivity contribution >= 4 is 56.4 Å². The Labute approximate surface area is 173 Å². The van der Waals surface area contributed by atoms with E-state index >= 15 is 0 Å². The predicted octanol–water partition coefficient (Wildman–Crippen LogP) is 4.97. The molecule has 0 unspecified atom stereocenters. The normalized spacial score (nSPS) is 13.2. The first-order valence-corrected chi connectivity index (χ1v) is 10.1. The van der Waals surface area contributed by atoms with Crippen LogP contribution in [0.1, 0.15) is 12.5 Å². The Morgan fingerprint density at radius 1 is 1.04 bits per heavy atom. The molecule has 2 aromatic rings. The molecule has 0 radical (unpaired) electrons. The predicted molar refractivity (Wildman–Crippen MR) is 101 cm³/mol. The van der Waals surface area contributed by atoms with Gasteiger partial charge in [-0.2, -0.15) is 17.9 Å². The summed E-state index contributed by atoms with van der Waals surface area (Å²) in [5, 5.41) is 1.67. The first-order valence-electron chi connectivity index (χ1n) is 7.46. The molecule has 0 aliphatic rings. The first kappa shape index (κ1) is 22.8. The Hall–Kier alpha value is -1.52. The number of hydrogen-bond acceptors (Lipinski definition) is 3. The summed E-state index contributed by atoms with van der Waals surface area (Å²) in [6, 6.07) is 5.21. The van der Waals surface area contributed by atoms with Gasteiger partial charge >= 0.3 is 6.18 Å². The van der Waals surface area contributed by atoms with E-state index in [-0.39, 0.29) is 20.6 Å². The van der Waals surface area contributed by atoms with Crippen LogP contribution < -0.4 is 10.0 Å². The molecular weight excluding hydrogens is 464 g/mol. The summed E-state index contributed by atoms with van der Waals surface area (Å²) < 4.78 is 65.6. The number of anilines is 1. The van der Waals surface area contributed by atoms with Crippen LogP contribution in [0.25, 0.3) is 0 Å². The molecule has 2 rings (SSSR count). The summed E-state index contributed by atoms with van der Waals surface area (Å²) in [5.41, 5.74) is -1.33. The second kappa shape index (κ2) is 8.46. The van der Waals surface area contributed by atoms with Gasteiger partial charge in [0.1, 0.15) is 4.90 Å². The topological polar surface area (TPSA) is 75.3 Å². The van der Waals surface area contributed by atoms with Gasteiger partial charge in [-0.05, 0) is 43.3 Å². The fraction of sp³-hybridized carbons (Fsp3) is 0.188. The SMILES string of the molecule is C[C@@H](NS(=O)(=O)c1cc(Cl)ccc1Cl)C(=O)Nc1ccc(Cl)c(C(F)(F)F)c1. The van der Waals surface area contributed by atoms with Crippen molar-refractivity contribution in [2.45, 2.75) is 24.0 Å². The number of alkyl halides is 3. The van der Waals surface area contributed by atoms with Crippen LogP contribution in [0.5, 0.6) is 0 Å². The molecule has 0 saturated heterocycles. The zero-order valence-electron chi connectivity index (χ0n) is 13.9. The molecule has 2 aromatic carbocycles. The lowest BCUT2D eigenvalue weighted by Crippen LogP contribution is -2.41. The van der Waals surface area contributed by atoms with Gasteiger partial charge in [-0.15, -0.1) is 0 Å². The van der Waals surface area contributed by atoms with Crippen LogP contribution in [0, 0.1) is 0 Å². The third-order valence-electron chi connectivity index (χ3n) is 3.45. The van der Waals surface area contributed by atoms with Gasteiger partial charge in [-0.3, -0.25) is 4.79 Å². The van der Waals surface area contributed by atoms with Gasteiger partial charge in [-0.25, -0.2) is 8.42 Å². The highest BCUT2D eigenvalue weighted by Gasteiger charge is 2.33. The Kier molecular flexibility index (Phi) is 6.88. The molecule has 2 N–H and O–H groups in total. The average Bonchev–Trinajstić information content (AvgIpc) is 2.57. The highest BCUT2D eigenvalue weighted by atomic mass is 35.5. The van der Waals surface area contributed by atoms with E-state index in [1.165, 1.54) is 19.1 Å². The van der Waals surface area contributed by atoms with E-state index in [1.54, 1.807) is 0 Å². The lowest BCUT2D eigenvalue weighted by molar-refractivity contribution is -0.137. The van der Waals surface area contributed by atoms with E-state index in [0.29, 0.717) is 6.07 Å². The van der Waals surface area contributed by atoms with E-state index in [9.17, 15) is 26.4 Å². The Balaban J connectivity index is 2.18. The molecule has 0 saturated carbocycles. The molecule has 12 heteroatoms. The van der Waals surface area contributed by atoms with E-state index in [4.69, 9.17) is 34.8 Å². The van der Waals surface area contributed by atoms with Crippen LogP contribution in [0.2, 0.25) is 15.1 Å². The van der Waals surface area contributed by atoms with Gasteiger partial charge in [0.25, 0.3) is 0 Å². The third-order valence-corrected chi connectivity index (χ3v) is 6.03. The Morgan fingerprint density at radius 2 is 1.64 bits per heavy atom. The molecule has 0 aromatic heterocycles. The molecule has 0 bridgehead atoms. The molecule has 0 aliphatic carbocycles. The quantitative estimate of drug-likeness (QED) is 0.641. The molecule has 5 nitrogen and oxygen atoms in total. The van der Waals surface area contributed by atoms with Gasteiger partial charge in [0, 0.05) is 10.7 Å². The fourth-order valence-electron chi connectivity index (χ4n) is 2.10. The van der Waals surface area contributed by atoms with Crippen molar-refractivity contribution in [1.29, 1.82) is 0 Å². The van der Waals surface area contributed by atoms with Crippen molar-refractivity contribution in [3.8, 4) is 0 Å². The standard InChI is InChI=1S/C16H12Cl3F3N2O3S/c1-8(24-28(26,27)14-6-9(17)2-4-13(14)19)15(25)23-10-3-5-12(18)11(7-10)16(20,21)22/h2-8,24H,1H3,(H,23,25)/t8-/m1/s1. The summed E-state index contributed by atoms with van der Waals surface area (Å²) in [4.78, 5) is 11.9. The number of halogens is 6.